The van der Waals surface area contributed by atoms with Crippen LogP contribution in [0, 0.1) is 0 Å². The van der Waals surface area contributed by atoms with Gasteiger partial charge in [0.25, 0.3) is 0 Å². The largest absolute Gasteiger partial charge is 0.472 e. The Morgan fingerprint density at radius 2 is 2.04 bits per heavy atom. The predicted octanol–water partition coefficient (Wildman–Crippen LogP) is 3.90. The molecule has 1 aliphatic rings. The van der Waals surface area contributed by atoms with Gasteiger partial charge in [-0.05, 0) is 24.5 Å². The lowest BCUT2D eigenvalue weighted by Crippen LogP contribution is -2.39. The Bertz CT molecular complexity index is 784. The number of hydrogen-bond donors (Lipinski definition) is 1. The standard InChI is InChI=1S/C20H22F3N3O2/c21-20(22,23)16-8-11-24-18(13-16)28-17-9-12-26(14-17)19(27)25-10-4-7-15-5-2-1-3-6-15/h1-3,5-6,8,11,13,17H,4,7,9-10,12,14H2,(H,25,27). The van der Waals surface area contributed by atoms with Gasteiger partial charge in [-0.15, -0.1) is 0 Å². The number of aryl methyl sites for hydroxylation is 1. The molecule has 1 aromatic carbocycles. The highest BCUT2D eigenvalue weighted by molar-refractivity contribution is 5.74. The summed E-state index contributed by atoms with van der Waals surface area (Å²) >= 11 is 0. The first kappa shape index (κ1) is 20.0. The van der Waals surface area contributed by atoms with Gasteiger partial charge in [0.05, 0.1) is 12.1 Å². The molecule has 1 aliphatic heterocycles. The molecule has 0 saturated carbocycles. The van der Waals surface area contributed by atoms with E-state index in [1.165, 1.54) is 5.56 Å². The van der Waals surface area contributed by atoms with E-state index >= 15 is 0 Å². The van der Waals surface area contributed by atoms with Crippen LogP contribution in [0.4, 0.5) is 18.0 Å². The lowest BCUT2D eigenvalue weighted by molar-refractivity contribution is -0.137. The minimum atomic E-state index is -4.44. The molecule has 150 valence electrons. The van der Waals surface area contributed by atoms with E-state index < -0.39 is 11.7 Å². The van der Waals surface area contributed by atoms with Gasteiger partial charge in [0.2, 0.25) is 5.88 Å². The average molecular weight is 393 g/mol. The maximum absolute atomic E-state index is 12.8. The van der Waals surface area contributed by atoms with E-state index in [9.17, 15) is 18.0 Å². The summed E-state index contributed by atoms with van der Waals surface area (Å²) in [4.78, 5) is 17.7. The summed E-state index contributed by atoms with van der Waals surface area (Å²) < 4.78 is 43.8. The van der Waals surface area contributed by atoms with Crippen LogP contribution in [0.25, 0.3) is 0 Å². The van der Waals surface area contributed by atoms with Gasteiger partial charge in [-0.2, -0.15) is 13.2 Å². The molecule has 1 unspecified atom stereocenters. The van der Waals surface area contributed by atoms with Gasteiger partial charge in [-0.3, -0.25) is 0 Å². The third kappa shape index (κ3) is 5.61. The highest BCUT2D eigenvalue weighted by Gasteiger charge is 2.32. The Kier molecular flexibility index (Phi) is 6.38. The number of nitrogens with one attached hydrogen (secondary N) is 1. The first-order chi connectivity index (χ1) is 13.4. The number of benzene rings is 1. The highest BCUT2D eigenvalue weighted by Crippen LogP contribution is 2.31. The summed E-state index contributed by atoms with van der Waals surface area (Å²) in [6.45, 7) is 1.38. The molecule has 1 fully saturated rings. The number of likely N-dealkylation sites (tertiary alicyclic amines) is 1. The fourth-order valence-electron chi connectivity index (χ4n) is 3.07. The lowest BCUT2D eigenvalue weighted by Gasteiger charge is -2.18. The monoisotopic (exact) mass is 393 g/mol. The Morgan fingerprint density at radius 1 is 1.25 bits per heavy atom. The van der Waals surface area contributed by atoms with Crippen LogP contribution in [0.5, 0.6) is 5.88 Å². The summed E-state index contributed by atoms with van der Waals surface area (Å²) in [5.74, 6) is -0.0788. The second kappa shape index (κ2) is 8.95. The molecule has 2 amide bonds. The van der Waals surface area contributed by atoms with Gasteiger partial charge in [0.1, 0.15) is 6.10 Å². The van der Waals surface area contributed by atoms with Gasteiger partial charge < -0.3 is 15.0 Å². The number of amides is 2. The van der Waals surface area contributed by atoms with Crippen molar-refractivity contribution in [1.82, 2.24) is 15.2 Å². The van der Waals surface area contributed by atoms with Crippen molar-refractivity contribution in [3.63, 3.8) is 0 Å². The van der Waals surface area contributed by atoms with Crippen LogP contribution in [-0.4, -0.2) is 41.7 Å². The van der Waals surface area contributed by atoms with Crippen LogP contribution in [-0.2, 0) is 12.6 Å². The molecule has 8 heteroatoms. The van der Waals surface area contributed by atoms with Crippen molar-refractivity contribution in [3.05, 3.63) is 59.8 Å². The number of hydrogen-bond acceptors (Lipinski definition) is 3. The summed E-state index contributed by atoms with van der Waals surface area (Å²) in [7, 11) is 0. The zero-order valence-electron chi connectivity index (χ0n) is 15.3. The number of rotatable bonds is 6. The third-order valence-electron chi connectivity index (χ3n) is 4.54. The number of pyridine rings is 1. The fraction of sp³-hybridized carbons (Fsp3) is 0.400. The van der Waals surface area contributed by atoms with Crippen molar-refractivity contribution in [2.45, 2.75) is 31.5 Å². The van der Waals surface area contributed by atoms with E-state index in [2.05, 4.69) is 10.3 Å². The zero-order chi connectivity index (χ0) is 20.0. The number of halogens is 3. The molecular weight excluding hydrogens is 371 g/mol. The number of carbonyl (C=O) groups excluding carboxylic acids is 1. The van der Waals surface area contributed by atoms with Crippen molar-refractivity contribution in [3.8, 4) is 5.88 Å². The molecule has 28 heavy (non-hydrogen) atoms. The molecular formula is C20H22F3N3O2. The van der Waals surface area contributed by atoms with Crippen LogP contribution >= 0.6 is 0 Å². The van der Waals surface area contributed by atoms with Crippen molar-refractivity contribution in [2.24, 2.45) is 0 Å². The highest BCUT2D eigenvalue weighted by atomic mass is 19.4. The molecule has 0 bridgehead atoms. The average Bonchev–Trinajstić information content (AvgIpc) is 3.14. The first-order valence-corrected chi connectivity index (χ1v) is 9.18. The van der Waals surface area contributed by atoms with Gasteiger partial charge in [-0.1, -0.05) is 30.3 Å². The van der Waals surface area contributed by atoms with Crippen molar-refractivity contribution in [2.75, 3.05) is 19.6 Å². The van der Waals surface area contributed by atoms with Crippen LogP contribution in [0.15, 0.2) is 48.7 Å². The van der Waals surface area contributed by atoms with Crippen molar-refractivity contribution >= 4 is 6.03 Å². The maximum Gasteiger partial charge on any atom is 0.416 e. The van der Waals surface area contributed by atoms with E-state index in [1.807, 2.05) is 30.3 Å². The maximum atomic E-state index is 12.8. The first-order valence-electron chi connectivity index (χ1n) is 9.18. The second-order valence-corrected chi connectivity index (χ2v) is 6.68. The number of ether oxygens (including phenoxy) is 1. The minimum absolute atomic E-state index is 0.0788. The van der Waals surface area contributed by atoms with Gasteiger partial charge >= 0.3 is 12.2 Å². The normalized spacial score (nSPS) is 16.8. The molecule has 3 rings (SSSR count). The molecule has 0 aliphatic carbocycles. The number of alkyl halides is 3. The predicted molar refractivity (Wildman–Crippen MR) is 98.0 cm³/mol. The number of urea groups is 1. The Labute approximate surface area is 161 Å². The number of carbonyl (C=O) groups is 1. The van der Waals surface area contributed by atoms with E-state index in [4.69, 9.17) is 4.74 Å². The Morgan fingerprint density at radius 3 is 2.79 bits per heavy atom. The molecule has 0 spiro atoms. The molecule has 5 nitrogen and oxygen atoms in total. The van der Waals surface area contributed by atoms with Gasteiger partial charge in [0.15, 0.2) is 0 Å². The Balaban J connectivity index is 1.41. The molecule has 1 saturated heterocycles. The minimum Gasteiger partial charge on any atom is -0.472 e. The third-order valence-corrected chi connectivity index (χ3v) is 4.54. The summed E-state index contributed by atoms with van der Waals surface area (Å²) in [5, 5.41) is 2.88. The van der Waals surface area contributed by atoms with Crippen molar-refractivity contribution in [1.29, 1.82) is 0 Å². The quantitative estimate of drug-likeness (QED) is 0.758. The summed E-state index contributed by atoms with van der Waals surface area (Å²) in [5.41, 5.74) is 0.420. The summed E-state index contributed by atoms with van der Waals surface area (Å²) in [6.07, 6.45) is -1.47. The molecule has 2 heterocycles. The summed E-state index contributed by atoms with van der Waals surface area (Å²) in [6, 6.07) is 11.6. The Hall–Kier alpha value is -2.77. The second-order valence-electron chi connectivity index (χ2n) is 6.68. The van der Waals surface area contributed by atoms with E-state index in [-0.39, 0.29) is 18.0 Å². The zero-order valence-corrected chi connectivity index (χ0v) is 15.3. The smallest absolute Gasteiger partial charge is 0.416 e. The van der Waals surface area contributed by atoms with E-state index in [0.29, 0.717) is 26.1 Å². The van der Waals surface area contributed by atoms with E-state index in [1.54, 1.807) is 4.90 Å². The van der Waals surface area contributed by atoms with E-state index in [0.717, 1.165) is 31.2 Å². The van der Waals surface area contributed by atoms with Crippen LogP contribution < -0.4 is 10.1 Å². The van der Waals surface area contributed by atoms with Gasteiger partial charge in [-0.25, -0.2) is 9.78 Å². The fourth-order valence-corrected chi connectivity index (χ4v) is 3.07. The molecule has 2 aromatic rings. The molecule has 0 radical (unpaired) electrons. The number of aromatic nitrogens is 1. The topological polar surface area (TPSA) is 54.5 Å². The molecule has 1 atom stereocenters. The SMILES string of the molecule is O=C(NCCCc1ccccc1)N1CCC(Oc2cc(C(F)(F)F)ccn2)C1. The van der Waals surface area contributed by atoms with Crippen molar-refractivity contribution < 1.29 is 22.7 Å². The van der Waals surface area contributed by atoms with Crippen LogP contribution in [0.3, 0.4) is 0 Å². The number of nitrogens with zero attached hydrogens (tertiary/aromatic N) is 2. The molecule has 1 aromatic heterocycles. The van der Waals surface area contributed by atoms with Crippen LogP contribution in [0.2, 0.25) is 0 Å². The van der Waals surface area contributed by atoms with Gasteiger partial charge in [0, 0.05) is 31.8 Å². The van der Waals surface area contributed by atoms with Crippen LogP contribution in [0.1, 0.15) is 24.0 Å². The lowest BCUT2D eigenvalue weighted by atomic mass is 10.1. The molecule has 1 N–H and O–H groups in total.